The molecular formula is C18H25N7O2. The summed E-state index contributed by atoms with van der Waals surface area (Å²) in [5, 5.41) is 4.18. The van der Waals surface area contributed by atoms with Crippen molar-refractivity contribution in [2.45, 2.75) is 13.0 Å². The molecule has 2 aromatic heterocycles. The molecule has 2 saturated heterocycles. The average molecular weight is 371 g/mol. The number of aromatic nitrogens is 4. The van der Waals surface area contributed by atoms with E-state index in [1.165, 1.54) is 0 Å². The smallest absolute Gasteiger partial charge is 0.247 e. The lowest BCUT2D eigenvalue weighted by atomic mass is 10.2. The first-order valence-corrected chi connectivity index (χ1v) is 9.41. The second kappa shape index (κ2) is 7.91. The van der Waals surface area contributed by atoms with E-state index in [2.05, 4.69) is 19.9 Å². The van der Waals surface area contributed by atoms with Gasteiger partial charge in [0.2, 0.25) is 11.9 Å². The molecule has 1 amide bonds. The van der Waals surface area contributed by atoms with Crippen LogP contribution in [-0.2, 0) is 9.53 Å². The third-order valence-electron chi connectivity index (χ3n) is 5.12. The summed E-state index contributed by atoms with van der Waals surface area (Å²) in [5.41, 5.74) is 0. The van der Waals surface area contributed by atoms with E-state index >= 15 is 0 Å². The molecule has 1 unspecified atom stereocenters. The van der Waals surface area contributed by atoms with E-state index in [9.17, 15) is 4.79 Å². The zero-order chi connectivity index (χ0) is 18.6. The van der Waals surface area contributed by atoms with E-state index in [4.69, 9.17) is 9.72 Å². The molecule has 0 aliphatic carbocycles. The van der Waals surface area contributed by atoms with Crippen LogP contribution < -0.4 is 9.80 Å². The second-order valence-electron chi connectivity index (χ2n) is 6.79. The first-order valence-electron chi connectivity index (χ1n) is 9.41. The maximum absolute atomic E-state index is 12.7. The predicted molar refractivity (Wildman–Crippen MR) is 101 cm³/mol. The van der Waals surface area contributed by atoms with Gasteiger partial charge in [0.1, 0.15) is 11.9 Å². The minimum absolute atomic E-state index is 0.107. The Balaban J connectivity index is 1.37. The van der Waals surface area contributed by atoms with Crippen molar-refractivity contribution in [2.24, 2.45) is 0 Å². The maximum Gasteiger partial charge on any atom is 0.247 e. The molecule has 9 heteroatoms. The highest BCUT2D eigenvalue weighted by molar-refractivity contribution is 5.80. The highest BCUT2D eigenvalue weighted by Gasteiger charge is 2.27. The van der Waals surface area contributed by atoms with Gasteiger partial charge in [0.15, 0.2) is 0 Å². The fourth-order valence-corrected chi connectivity index (χ4v) is 3.47. The van der Waals surface area contributed by atoms with E-state index in [-0.39, 0.29) is 11.9 Å². The number of carbonyl (C=O) groups is 1. The summed E-state index contributed by atoms with van der Waals surface area (Å²) in [5.74, 6) is 1.77. The lowest BCUT2D eigenvalue weighted by molar-refractivity contribution is -0.134. The number of hydrogen-bond acceptors (Lipinski definition) is 7. The summed E-state index contributed by atoms with van der Waals surface area (Å²) < 4.78 is 7.10. The highest BCUT2D eigenvalue weighted by Crippen LogP contribution is 2.19. The van der Waals surface area contributed by atoms with Crippen LogP contribution in [0.5, 0.6) is 0 Å². The van der Waals surface area contributed by atoms with E-state index in [1.54, 1.807) is 10.9 Å². The largest absolute Gasteiger partial charge is 0.378 e. The molecule has 0 bridgehead atoms. The van der Waals surface area contributed by atoms with Gasteiger partial charge in [-0.1, -0.05) is 0 Å². The van der Waals surface area contributed by atoms with Crippen molar-refractivity contribution in [3.05, 3.63) is 30.7 Å². The normalized spacial score (nSPS) is 19.2. The standard InChI is InChI=1S/C18H25N7O2/c1-15(25-6-2-4-20-25)17(26)23-9-7-22(8-10-23)16-3-5-19-18(21-16)24-11-13-27-14-12-24/h2-6,15H,7-14H2,1H3. The molecule has 4 heterocycles. The minimum Gasteiger partial charge on any atom is -0.378 e. The fraction of sp³-hybridized carbons (Fsp3) is 0.556. The van der Waals surface area contributed by atoms with Gasteiger partial charge in [-0.2, -0.15) is 10.1 Å². The topological polar surface area (TPSA) is 79.6 Å². The van der Waals surface area contributed by atoms with Crippen molar-refractivity contribution in [1.82, 2.24) is 24.6 Å². The van der Waals surface area contributed by atoms with Crippen molar-refractivity contribution in [3.63, 3.8) is 0 Å². The number of nitrogens with zero attached hydrogens (tertiary/aromatic N) is 7. The lowest BCUT2D eigenvalue weighted by Crippen LogP contribution is -2.50. The van der Waals surface area contributed by atoms with Gasteiger partial charge in [-0.05, 0) is 19.1 Å². The number of piperazine rings is 1. The first-order chi connectivity index (χ1) is 13.2. The molecule has 0 aromatic carbocycles. The molecule has 144 valence electrons. The molecule has 4 rings (SSSR count). The van der Waals surface area contributed by atoms with Crippen molar-refractivity contribution in [2.75, 3.05) is 62.3 Å². The van der Waals surface area contributed by atoms with Crippen LogP contribution in [0.3, 0.4) is 0 Å². The molecule has 0 saturated carbocycles. The molecular weight excluding hydrogens is 346 g/mol. The molecule has 0 radical (unpaired) electrons. The number of amides is 1. The van der Waals surface area contributed by atoms with E-state index < -0.39 is 0 Å². The maximum atomic E-state index is 12.7. The van der Waals surface area contributed by atoms with Gasteiger partial charge in [-0.25, -0.2) is 4.98 Å². The Labute approximate surface area is 158 Å². The number of morpholine rings is 1. The third-order valence-corrected chi connectivity index (χ3v) is 5.12. The molecule has 2 aromatic rings. The van der Waals surface area contributed by atoms with E-state index in [0.717, 1.165) is 37.9 Å². The van der Waals surface area contributed by atoms with Crippen LogP contribution in [0.15, 0.2) is 30.7 Å². The van der Waals surface area contributed by atoms with E-state index in [0.29, 0.717) is 26.3 Å². The molecule has 2 aliphatic rings. The van der Waals surface area contributed by atoms with E-state index in [1.807, 2.05) is 36.4 Å². The molecule has 2 aliphatic heterocycles. The molecule has 1 atom stereocenters. The van der Waals surface area contributed by atoms with Gasteiger partial charge in [0.25, 0.3) is 0 Å². The summed E-state index contributed by atoms with van der Waals surface area (Å²) >= 11 is 0. The quantitative estimate of drug-likeness (QED) is 0.771. The zero-order valence-electron chi connectivity index (χ0n) is 15.6. The number of ether oxygens (including phenoxy) is 1. The monoisotopic (exact) mass is 371 g/mol. The number of anilines is 2. The molecule has 0 N–H and O–H groups in total. The summed E-state index contributed by atoms with van der Waals surface area (Å²) in [6, 6.07) is 3.50. The van der Waals surface area contributed by atoms with Crippen LogP contribution in [-0.4, -0.2) is 83.0 Å². The van der Waals surface area contributed by atoms with Gasteiger partial charge < -0.3 is 19.4 Å². The van der Waals surface area contributed by atoms with Gasteiger partial charge in [0, 0.05) is 57.9 Å². The lowest BCUT2D eigenvalue weighted by Gasteiger charge is -2.37. The van der Waals surface area contributed by atoms with Crippen LogP contribution in [0.25, 0.3) is 0 Å². The highest BCUT2D eigenvalue weighted by atomic mass is 16.5. The zero-order valence-corrected chi connectivity index (χ0v) is 15.6. The summed E-state index contributed by atoms with van der Waals surface area (Å²) in [7, 11) is 0. The number of carbonyl (C=O) groups excluding carboxylic acids is 1. The number of rotatable bonds is 4. The summed E-state index contributed by atoms with van der Waals surface area (Å²) in [6.07, 6.45) is 5.33. The Kier molecular flexibility index (Phi) is 5.19. The Bertz CT molecular complexity index is 753. The SMILES string of the molecule is CC(C(=O)N1CCN(c2ccnc(N3CCOCC3)n2)CC1)n1cccn1. The minimum atomic E-state index is -0.279. The predicted octanol–water partition coefficient (Wildman–Crippen LogP) is 0.420. The Morgan fingerprint density at radius 1 is 1.07 bits per heavy atom. The average Bonchev–Trinajstić information content (AvgIpc) is 3.28. The first kappa shape index (κ1) is 17.7. The van der Waals surface area contributed by atoms with Crippen molar-refractivity contribution >= 4 is 17.7 Å². The van der Waals surface area contributed by atoms with Crippen LogP contribution in [0.4, 0.5) is 11.8 Å². The Morgan fingerprint density at radius 3 is 2.56 bits per heavy atom. The van der Waals surface area contributed by atoms with Gasteiger partial charge in [0.05, 0.1) is 13.2 Å². The Hall–Kier alpha value is -2.68. The molecule has 9 nitrogen and oxygen atoms in total. The van der Waals surface area contributed by atoms with Crippen molar-refractivity contribution in [1.29, 1.82) is 0 Å². The number of hydrogen-bond donors (Lipinski definition) is 0. The van der Waals surface area contributed by atoms with Crippen LogP contribution in [0.2, 0.25) is 0 Å². The third kappa shape index (κ3) is 3.87. The molecule has 2 fully saturated rings. The second-order valence-corrected chi connectivity index (χ2v) is 6.79. The van der Waals surface area contributed by atoms with Crippen LogP contribution >= 0.6 is 0 Å². The summed E-state index contributed by atoms with van der Waals surface area (Å²) in [6.45, 7) is 7.83. The van der Waals surface area contributed by atoms with Crippen molar-refractivity contribution in [3.8, 4) is 0 Å². The Morgan fingerprint density at radius 2 is 1.85 bits per heavy atom. The van der Waals surface area contributed by atoms with Crippen LogP contribution in [0.1, 0.15) is 13.0 Å². The molecule has 27 heavy (non-hydrogen) atoms. The molecule has 0 spiro atoms. The fourth-order valence-electron chi connectivity index (χ4n) is 3.47. The van der Waals surface area contributed by atoms with Gasteiger partial charge in [-0.15, -0.1) is 0 Å². The van der Waals surface area contributed by atoms with Crippen LogP contribution in [0, 0.1) is 0 Å². The van der Waals surface area contributed by atoms with Crippen molar-refractivity contribution < 1.29 is 9.53 Å². The summed E-state index contributed by atoms with van der Waals surface area (Å²) in [4.78, 5) is 28.1. The van der Waals surface area contributed by atoms with Gasteiger partial charge in [-0.3, -0.25) is 9.48 Å². The van der Waals surface area contributed by atoms with Gasteiger partial charge >= 0.3 is 0 Å².